The van der Waals surface area contributed by atoms with Crippen LogP contribution in [-0.4, -0.2) is 19.6 Å². The minimum absolute atomic E-state index is 0. The van der Waals surface area contributed by atoms with Crippen LogP contribution in [0.1, 0.15) is 1.43 Å². The Morgan fingerprint density at radius 2 is 2.22 bits per heavy atom. The van der Waals surface area contributed by atoms with E-state index in [-0.39, 0.29) is 66.2 Å². The van der Waals surface area contributed by atoms with Crippen molar-refractivity contribution in [3.8, 4) is 0 Å². The molecule has 0 unspecified atom stereocenters. The number of rotatable bonds is 3. The van der Waals surface area contributed by atoms with Gasteiger partial charge >= 0.3 is 68.6 Å². The van der Waals surface area contributed by atoms with Crippen molar-refractivity contribution in [1.29, 1.82) is 0 Å². The quantitative estimate of drug-likeness (QED) is 0.413. The molecule has 0 aliphatic rings. The predicted octanol–water partition coefficient (Wildman–Crippen LogP) is -2.89. The monoisotopic (exact) mass is 224 g/mol. The third-order valence-electron chi connectivity index (χ3n) is 0.335. The van der Waals surface area contributed by atoms with Gasteiger partial charge in [-0.15, -0.1) is 6.58 Å². The van der Waals surface area contributed by atoms with Crippen molar-refractivity contribution in [3.05, 3.63) is 12.7 Å². The molecule has 0 radical (unpaired) electrons. The summed E-state index contributed by atoms with van der Waals surface area (Å²) in [5.41, 5.74) is 0. The Hall–Kier alpha value is 1.42. The van der Waals surface area contributed by atoms with Gasteiger partial charge in [-0.1, -0.05) is 6.08 Å². The van der Waals surface area contributed by atoms with Gasteiger partial charge in [0.1, 0.15) is 0 Å². The van der Waals surface area contributed by atoms with Gasteiger partial charge in [0.05, 0.1) is 6.61 Å². The van der Waals surface area contributed by atoms with Crippen LogP contribution < -0.4 is 58.2 Å². The van der Waals surface area contributed by atoms with Gasteiger partial charge in [0, 0.05) is 0 Å². The van der Waals surface area contributed by atoms with E-state index >= 15 is 0 Å². The summed E-state index contributed by atoms with van der Waals surface area (Å²) in [5.74, 6) is 0. The third-order valence-corrected chi connectivity index (χ3v) is 0.769. The first-order valence-electron chi connectivity index (χ1n) is 1.79. The molecule has 0 rings (SSSR count). The van der Waals surface area contributed by atoms with Crippen LogP contribution in [0.2, 0.25) is 0 Å². The maximum atomic E-state index is 9.68. The third kappa shape index (κ3) is 12.6. The molecule has 6 heteroatoms. The molecule has 0 spiro atoms. The molecule has 0 fully saturated rings. The van der Waals surface area contributed by atoms with Crippen molar-refractivity contribution in [3.63, 3.8) is 0 Å². The van der Waals surface area contributed by atoms with Crippen molar-refractivity contribution < 1.29 is 76.8 Å². The second kappa shape index (κ2) is 6.15. The van der Waals surface area contributed by atoms with Crippen LogP contribution >= 0.6 is 0 Å². The SMILES string of the molecule is C=CCOS(=O)(=O)O.[H-].[Rb+]. The van der Waals surface area contributed by atoms with E-state index < -0.39 is 10.4 Å². The Labute approximate surface area is 105 Å². The van der Waals surface area contributed by atoms with Crippen molar-refractivity contribution in [1.82, 2.24) is 0 Å². The van der Waals surface area contributed by atoms with Gasteiger partial charge in [-0.05, 0) is 0 Å². The van der Waals surface area contributed by atoms with Crippen LogP contribution in [0.5, 0.6) is 0 Å². The summed E-state index contributed by atoms with van der Waals surface area (Å²) >= 11 is 0. The summed E-state index contributed by atoms with van der Waals surface area (Å²) in [6.07, 6.45) is 1.22. The van der Waals surface area contributed by atoms with Crippen LogP contribution in [0, 0.1) is 0 Å². The van der Waals surface area contributed by atoms with Gasteiger partial charge in [-0.25, -0.2) is 4.18 Å². The van der Waals surface area contributed by atoms with E-state index in [1.165, 1.54) is 6.08 Å². The van der Waals surface area contributed by atoms with Gasteiger partial charge in [0.2, 0.25) is 0 Å². The first kappa shape index (κ1) is 13.0. The minimum atomic E-state index is -4.26. The predicted molar refractivity (Wildman–Crippen MR) is 28.8 cm³/mol. The Kier molecular flexibility index (Phi) is 8.90. The molecule has 0 saturated carbocycles. The molecule has 0 aromatic carbocycles. The summed E-state index contributed by atoms with van der Waals surface area (Å²) < 4.78 is 31.0. The fraction of sp³-hybridized carbons (Fsp3) is 0.333. The molecule has 9 heavy (non-hydrogen) atoms. The molecule has 0 atom stereocenters. The first-order chi connectivity index (χ1) is 3.56. The van der Waals surface area contributed by atoms with E-state index in [1.54, 1.807) is 0 Å². The van der Waals surface area contributed by atoms with Crippen LogP contribution in [0.3, 0.4) is 0 Å². The van der Waals surface area contributed by atoms with E-state index in [1.807, 2.05) is 0 Å². The van der Waals surface area contributed by atoms with Crippen LogP contribution in [0.15, 0.2) is 12.7 Å². The molecule has 0 bridgehead atoms. The largest absolute Gasteiger partial charge is 1.00 e. The van der Waals surface area contributed by atoms with E-state index in [4.69, 9.17) is 4.55 Å². The molecular weight excluding hydrogens is 218 g/mol. The fourth-order valence-corrected chi connectivity index (χ4v) is 0.402. The maximum absolute atomic E-state index is 9.68. The number of hydrogen-bond acceptors (Lipinski definition) is 3. The average Bonchev–Trinajstić information content (AvgIpc) is 1.59. The topological polar surface area (TPSA) is 63.6 Å². The van der Waals surface area contributed by atoms with Crippen molar-refractivity contribution in [2.75, 3.05) is 6.61 Å². The minimum Gasteiger partial charge on any atom is -1.00 e. The van der Waals surface area contributed by atoms with Gasteiger partial charge < -0.3 is 1.43 Å². The molecule has 0 aliphatic carbocycles. The van der Waals surface area contributed by atoms with Gasteiger partial charge in [0.15, 0.2) is 0 Å². The molecule has 0 amide bonds. The smallest absolute Gasteiger partial charge is 1.00 e. The first-order valence-corrected chi connectivity index (χ1v) is 3.15. The van der Waals surface area contributed by atoms with Crippen molar-refractivity contribution in [2.45, 2.75) is 0 Å². The average molecular weight is 225 g/mol. The zero-order chi connectivity index (χ0) is 6.62. The molecule has 4 nitrogen and oxygen atoms in total. The Morgan fingerprint density at radius 1 is 1.78 bits per heavy atom. The van der Waals surface area contributed by atoms with Gasteiger partial charge in [0.25, 0.3) is 0 Å². The Bertz CT molecular complexity index is 165. The van der Waals surface area contributed by atoms with Gasteiger partial charge in [-0.2, -0.15) is 8.42 Å². The second-order valence-electron chi connectivity index (χ2n) is 1.00. The van der Waals surface area contributed by atoms with Crippen molar-refractivity contribution in [2.24, 2.45) is 0 Å². The Balaban J connectivity index is -0.000000245. The summed E-state index contributed by atoms with van der Waals surface area (Å²) in [6.45, 7) is 2.97. The summed E-state index contributed by atoms with van der Waals surface area (Å²) in [4.78, 5) is 0. The normalized spacial score (nSPS) is 9.89. The van der Waals surface area contributed by atoms with E-state index in [0.717, 1.165) is 0 Å². The maximum Gasteiger partial charge on any atom is 1.00 e. The zero-order valence-corrected chi connectivity index (χ0v) is 10.8. The molecule has 0 aromatic heterocycles. The van der Waals surface area contributed by atoms with E-state index in [9.17, 15) is 8.42 Å². The summed E-state index contributed by atoms with van der Waals surface area (Å²) in [5, 5.41) is 0. The molecule has 0 aromatic rings. The van der Waals surface area contributed by atoms with Gasteiger partial charge in [-0.3, -0.25) is 4.55 Å². The molecule has 50 valence electrons. The number of hydrogen-bond donors (Lipinski definition) is 1. The molecule has 0 aliphatic heterocycles. The van der Waals surface area contributed by atoms with E-state index in [0.29, 0.717) is 0 Å². The zero-order valence-electron chi connectivity index (χ0n) is 6.07. The van der Waals surface area contributed by atoms with Crippen LogP contribution in [0.25, 0.3) is 0 Å². The molecule has 0 heterocycles. The summed E-state index contributed by atoms with van der Waals surface area (Å²) in [7, 11) is -4.26. The second-order valence-corrected chi connectivity index (χ2v) is 2.09. The van der Waals surface area contributed by atoms with Crippen LogP contribution in [0.4, 0.5) is 0 Å². The molecule has 0 saturated heterocycles. The standard InChI is InChI=1S/C3H6O4S.Rb.H/c1-2-3-7-8(4,5)6;;/h2H,1,3H2,(H,4,5,6);;/q;+1;-1. The summed E-state index contributed by atoms with van der Waals surface area (Å²) in [6, 6.07) is 0. The van der Waals surface area contributed by atoms with E-state index in [2.05, 4.69) is 10.8 Å². The molecular formula is C3H7O4RbS. The van der Waals surface area contributed by atoms with Crippen LogP contribution in [-0.2, 0) is 14.6 Å². The Morgan fingerprint density at radius 3 is 2.33 bits per heavy atom. The fourth-order valence-electron chi connectivity index (χ4n) is 0.134. The van der Waals surface area contributed by atoms with Crippen molar-refractivity contribution >= 4 is 10.4 Å². The molecule has 1 N–H and O–H groups in total.